The van der Waals surface area contributed by atoms with Crippen molar-refractivity contribution < 1.29 is 0 Å². The van der Waals surface area contributed by atoms with Crippen molar-refractivity contribution in [1.29, 1.82) is 5.41 Å². The van der Waals surface area contributed by atoms with Crippen LogP contribution >= 0.6 is 0 Å². The van der Waals surface area contributed by atoms with Crippen molar-refractivity contribution in [3.63, 3.8) is 0 Å². The smallest absolute Gasteiger partial charge is 0.0355 e. The van der Waals surface area contributed by atoms with Crippen LogP contribution in [-0.2, 0) is 6.42 Å². The summed E-state index contributed by atoms with van der Waals surface area (Å²) >= 11 is 0. The predicted octanol–water partition coefficient (Wildman–Crippen LogP) is 3.97. The Bertz CT molecular complexity index is 322. The Balaban J connectivity index is 2.42. The maximum Gasteiger partial charge on any atom is 0.0355 e. The van der Waals surface area contributed by atoms with Crippen molar-refractivity contribution in [2.24, 2.45) is 0 Å². The molecule has 0 radical (unpaired) electrons. The largest absolute Gasteiger partial charge is 0.305 e. The second-order valence-corrected chi connectivity index (χ2v) is 3.86. The van der Waals surface area contributed by atoms with E-state index in [1.807, 2.05) is 25.1 Å². The highest BCUT2D eigenvalue weighted by Gasteiger charge is 1.96. The highest BCUT2D eigenvalue weighted by atomic mass is 14.4. The summed E-state index contributed by atoms with van der Waals surface area (Å²) in [6.45, 7) is 5.53. The number of hydrogen-bond acceptors (Lipinski definition) is 1. The van der Waals surface area contributed by atoms with E-state index >= 15 is 0 Å². The van der Waals surface area contributed by atoms with E-state index in [0.717, 1.165) is 18.4 Å². The molecule has 1 aromatic carbocycles. The second kappa shape index (κ2) is 6.18. The standard InChI is InChI=1S/C14H19N/c1-3-4-5-6-7-13-8-10-14(11-9-13)12(2)15/h3,8-11,15H,1,4-7H2,2H3. The first-order valence-electron chi connectivity index (χ1n) is 5.49. The molecule has 1 nitrogen and oxygen atoms in total. The van der Waals surface area contributed by atoms with Crippen LogP contribution in [0.2, 0.25) is 0 Å². The van der Waals surface area contributed by atoms with Crippen molar-refractivity contribution in [3.05, 3.63) is 48.0 Å². The number of hydrogen-bond donors (Lipinski definition) is 1. The molecule has 0 spiro atoms. The summed E-state index contributed by atoms with van der Waals surface area (Å²) in [5.74, 6) is 0. The van der Waals surface area contributed by atoms with Crippen molar-refractivity contribution in [1.82, 2.24) is 0 Å². The number of nitrogens with one attached hydrogen (secondary N) is 1. The maximum absolute atomic E-state index is 7.49. The minimum atomic E-state index is 0.633. The third-order valence-electron chi connectivity index (χ3n) is 2.51. The van der Waals surface area contributed by atoms with E-state index in [4.69, 9.17) is 5.41 Å². The first-order chi connectivity index (χ1) is 7.24. The minimum absolute atomic E-state index is 0.633. The van der Waals surface area contributed by atoms with Crippen LogP contribution in [0.15, 0.2) is 36.9 Å². The molecule has 0 bridgehead atoms. The van der Waals surface area contributed by atoms with Gasteiger partial charge in [-0.15, -0.1) is 6.58 Å². The molecule has 0 fully saturated rings. The predicted molar refractivity (Wildman–Crippen MR) is 66.7 cm³/mol. The molecule has 0 saturated heterocycles. The fourth-order valence-corrected chi connectivity index (χ4v) is 1.54. The molecular formula is C14H19N. The highest BCUT2D eigenvalue weighted by molar-refractivity contribution is 5.96. The normalized spacial score (nSPS) is 9.93. The topological polar surface area (TPSA) is 23.9 Å². The molecule has 0 aliphatic rings. The van der Waals surface area contributed by atoms with Crippen LogP contribution in [0.25, 0.3) is 0 Å². The summed E-state index contributed by atoms with van der Waals surface area (Å²) in [5, 5.41) is 7.49. The molecule has 0 unspecified atom stereocenters. The van der Waals surface area contributed by atoms with Gasteiger partial charge in [-0.05, 0) is 43.7 Å². The lowest BCUT2D eigenvalue weighted by atomic mass is 10.0. The van der Waals surface area contributed by atoms with Crippen LogP contribution in [0.4, 0.5) is 0 Å². The summed E-state index contributed by atoms with van der Waals surface area (Å²) in [7, 11) is 0. The Morgan fingerprint density at radius 1 is 1.27 bits per heavy atom. The molecule has 0 atom stereocenters. The van der Waals surface area contributed by atoms with E-state index in [0.29, 0.717) is 5.71 Å². The van der Waals surface area contributed by atoms with Crippen LogP contribution < -0.4 is 0 Å². The third-order valence-corrected chi connectivity index (χ3v) is 2.51. The Morgan fingerprint density at radius 3 is 2.47 bits per heavy atom. The second-order valence-electron chi connectivity index (χ2n) is 3.86. The molecule has 0 amide bonds. The molecule has 15 heavy (non-hydrogen) atoms. The fraction of sp³-hybridized carbons (Fsp3) is 0.357. The maximum atomic E-state index is 7.49. The fourth-order valence-electron chi connectivity index (χ4n) is 1.54. The molecule has 1 heteroatoms. The van der Waals surface area contributed by atoms with Crippen LogP contribution in [0.3, 0.4) is 0 Å². The van der Waals surface area contributed by atoms with Crippen molar-refractivity contribution >= 4 is 5.71 Å². The average Bonchev–Trinajstić information content (AvgIpc) is 2.25. The Morgan fingerprint density at radius 2 is 1.93 bits per heavy atom. The Labute approximate surface area is 92.3 Å². The van der Waals surface area contributed by atoms with Gasteiger partial charge in [-0.1, -0.05) is 30.3 Å². The van der Waals surface area contributed by atoms with E-state index in [-0.39, 0.29) is 0 Å². The van der Waals surface area contributed by atoms with E-state index in [2.05, 4.69) is 18.7 Å². The van der Waals surface area contributed by atoms with E-state index in [1.165, 1.54) is 18.4 Å². The molecular weight excluding hydrogens is 182 g/mol. The average molecular weight is 201 g/mol. The molecule has 80 valence electrons. The van der Waals surface area contributed by atoms with Gasteiger partial charge in [0.15, 0.2) is 0 Å². The molecule has 0 aromatic heterocycles. The molecule has 1 N–H and O–H groups in total. The quantitative estimate of drug-likeness (QED) is 0.409. The van der Waals surface area contributed by atoms with Gasteiger partial charge in [-0.2, -0.15) is 0 Å². The summed E-state index contributed by atoms with van der Waals surface area (Å²) in [6, 6.07) is 8.32. The monoisotopic (exact) mass is 201 g/mol. The van der Waals surface area contributed by atoms with Gasteiger partial charge in [0.1, 0.15) is 0 Å². The molecule has 1 rings (SSSR count). The number of rotatable bonds is 6. The van der Waals surface area contributed by atoms with Gasteiger partial charge in [-0.3, -0.25) is 0 Å². The van der Waals surface area contributed by atoms with Gasteiger partial charge in [0, 0.05) is 5.71 Å². The summed E-state index contributed by atoms with van der Waals surface area (Å²) in [6.07, 6.45) is 6.65. The van der Waals surface area contributed by atoms with Crippen molar-refractivity contribution in [2.45, 2.75) is 32.6 Å². The summed E-state index contributed by atoms with van der Waals surface area (Å²) in [5.41, 5.74) is 3.02. The van der Waals surface area contributed by atoms with E-state index in [9.17, 15) is 0 Å². The molecule has 0 aliphatic heterocycles. The van der Waals surface area contributed by atoms with Gasteiger partial charge >= 0.3 is 0 Å². The Hall–Kier alpha value is -1.37. The van der Waals surface area contributed by atoms with Gasteiger partial charge in [0.2, 0.25) is 0 Å². The number of benzene rings is 1. The van der Waals surface area contributed by atoms with Gasteiger partial charge in [0.05, 0.1) is 0 Å². The zero-order chi connectivity index (χ0) is 11.1. The SMILES string of the molecule is C=CCCCCc1ccc(C(C)=N)cc1. The van der Waals surface area contributed by atoms with E-state index < -0.39 is 0 Å². The van der Waals surface area contributed by atoms with Crippen LogP contribution in [0.1, 0.15) is 37.3 Å². The van der Waals surface area contributed by atoms with Crippen LogP contribution in [0, 0.1) is 5.41 Å². The van der Waals surface area contributed by atoms with Gasteiger partial charge in [-0.25, -0.2) is 0 Å². The highest BCUT2D eigenvalue weighted by Crippen LogP contribution is 2.09. The molecule has 0 heterocycles. The lowest BCUT2D eigenvalue weighted by Crippen LogP contribution is -1.92. The summed E-state index contributed by atoms with van der Waals surface area (Å²) in [4.78, 5) is 0. The lowest BCUT2D eigenvalue weighted by molar-refractivity contribution is 0.748. The lowest BCUT2D eigenvalue weighted by Gasteiger charge is -2.02. The van der Waals surface area contributed by atoms with E-state index in [1.54, 1.807) is 0 Å². The summed E-state index contributed by atoms with van der Waals surface area (Å²) < 4.78 is 0. The number of allylic oxidation sites excluding steroid dienone is 1. The van der Waals surface area contributed by atoms with Crippen molar-refractivity contribution in [3.8, 4) is 0 Å². The van der Waals surface area contributed by atoms with Gasteiger partial charge in [0.25, 0.3) is 0 Å². The molecule has 1 aromatic rings. The van der Waals surface area contributed by atoms with Crippen LogP contribution in [-0.4, -0.2) is 5.71 Å². The third kappa shape index (κ3) is 4.11. The van der Waals surface area contributed by atoms with Crippen molar-refractivity contribution in [2.75, 3.05) is 0 Å². The van der Waals surface area contributed by atoms with Crippen LogP contribution in [0.5, 0.6) is 0 Å². The zero-order valence-corrected chi connectivity index (χ0v) is 9.42. The first-order valence-corrected chi connectivity index (χ1v) is 5.49. The minimum Gasteiger partial charge on any atom is -0.305 e. The Kier molecular flexibility index (Phi) is 4.82. The zero-order valence-electron chi connectivity index (χ0n) is 9.42. The molecule has 0 saturated carbocycles. The number of aryl methyl sites for hydroxylation is 1. The number of unbranched alkanes of at least 4 members (excludes halogenated alkanes) is 2. The first kappa shape index (κ1) is 11.7. The molecule has 0 aliphatic carbocycles. The van der Waals surface area contributed by atoms with Gasteiger partial charge < -0.3 is 5.41 Å².